The largest absolute Gasteiger partial charge is 0.497 e. The summed E-state index contributed by atoms with van der Waals surface area (Å²) in [6.07, 6.45) is 2.37. The molecule has 78 valence electrons. The van der Waals surface area contributed by atoms with Crippen LogP contribution in [0.5, 0.6) is 5.75 Å². The van der Waals surface area contributed by atoms with Gasteiger partial charge in [0.25, 0.3) is 5.91 Å². The normalized spacial score (nSPS) is 20.7. The number of ether oxygens (including phenoxy) is 1. The van der Waals surface area contributed by atoms with E-state index >= 15 is 0 Å². The van der Waals surface area contributed by atoms with Crippen LogP contribution in [0.2, 0.25) is 0 Å². The van der Waals surface area contributed by atoms with Crippen molar-refractivity contribution in [2.75, 3.05) is 13.7 Å². The first-order chi connectivity index (χ1) is 7.25. The lowest BCUT2D eigenvalue weighted by Crippen LogP contribution is -2.39. The quantitative estimate of drug-likeness (QED) is 0.750. The maximum Gasteiger partial charge on any atom is 0.251 e. The molecule has 3 heteroatoms. The topological polar surface area (TPSA) is 38.3 Å². The predicted octanol–water partition coefficient (Wildman–Crippen LogP) is 1.47. The molecule has 0 atom stereocenters. The molecule has 1 fully saturated rings. The average molecular weight is 203 g/mol. The second-order valence-corrected chi connectivity index (χ2v) is 4.37. The Balaban J connectivity index is 2.15. The Morgan fingerprint density at radius 2 is 2.20 bits per heavy atom. The summed E-state index contributed by atoms with van der Waals surface area (Å²) in [5, 5.41) is 2.95. The van der Waals surface area contributed by atoms with Crippen LogP contribution in [0.15, 0.2) is 18.2 Å². The molecule has 1 amide bonds. The molecule has 3 nitrogen and oxygen atoms in total. The van der Waals surface area contributed by atoms with Gasteiger partial charge >= 0.3 is 0 Å². The number of nitrogens with one attached hydrogen (secondary N) is 1. The minimum atomic E-state index is 0.0291. The van der Waals surface area contributed by atoms with Crippen LogP contribution in [0.3, 0.4) is 0 Å². The van der Waals surface area contributed by atoms with Crippen LogP contribution in [0.1, 0.15) is 28.8 Å². The Hall–Kier alpha value is -1.51. The van der Waals surface area contributed by atoms with Gasteiger partial charge in [0.1, 0.15) is 5.75 Å². The van der Waals surface area contributed by atoms with Gasteiger partial charge < -0.3 is 10.1 Å². The highest BCUT2D eigenvalue weighted by Crippen LogP contribution is 2.50. The number of carbonyl (C=O) groups is 1. The summed E-state index contributed by atoms with van der Waals surface area (Å²) in [7, 11) is 1.62. The van der Waals surface area contributed by atoms with Gasteiger partial charge in [-0.05, 0) is 30.5 Å². The van der Waals surface area contributed by atoms with Crippen LogP contribution in [0.25, 0.3) is 0 Å². The van der Waals surface area contributed by atoms with E-state index in [4.69, 9.17) is 4.74 Å². The third kappa shape index (κ3) is 1.16. The highest BCUT2D eigenvalue weighted by molar-refractivity contribution is 5.98. The Morgan fingerprint density at radius 3 is 2.87 bits per heavy atom. The molecule has 1 aromatic carbocycles. The predicted molar refractivity (Wildman–Crippen MR) is 56.2 cm³/mol. The highest BCUT2D eigenvalue weighted by Gasteiger charge is 2.48. The van der Waals surface area contributed by atoms with Gasteiger partial charge in [0.15, 0.2) is 0 Å². The number of fused-ring (bicyclic) bond motifs is 2. The van der Waals surface area contributed by atoms with Crippen LogP contribution < -0.4 is 10.1 Å². The van der Waals surface area contributed by atoms with E-state index in [9.17, 15) is 4.79 Å². The third-order valence-corrected chi connectivity index (χ3v) is 3.48. The highest BCUT2D eigenvalue weighted by atomic mass is 16.5. The molecule has 1 saturated carbocycles. The van der Waals surface area contributed by atoms with Gasteiger partial charge in [-0.25, -0.2) is 0 Å². The number of methoxy groups -OCH3 is 1. The molecule has 1 aliphatic carbocycles. The lowest BCUT2D eigenvalue weighted by atomic mass is 9.87. The van der Waals surface area contributed by atoms with E-state index < -0.39 is 0 Å². The number of hydrogen-bond donors (Lipinski definition) is 1. The van der Waals surface area contributed by atoms with Crippen molar-refractivity contribution in [3.05, 3.63) is 29.3 Å². The SMILES string of the molecule is COc1ccc2c(c1)C(=O)NCC21CC1. The zero-order chi connectivity index (χ0) is 10.5. The lowest BCUT2D eigenvalue weighted by molar-refractivity contribution is 0.0937. The molecule has 15 heavy (non-hydrogen) atoms. The zero-order valence-electron chi connectivity index (χ0n) is 8.67. The van der Waals surface area contributed by atoms with Crippen LogP contribution in [-0.4, -0.2) is 19.6 Å². The zero-order valence-corrected chi connectivity index (χ0v) is 8.67. The van der Waals surface area contributed by atoms with Crippen LogP contribution in [-0.2, 0) is 5.41 Å². The molecule has 0 radical (unpaired) electrons. The molecule has 0 aromatic heterocycles. The number of benzene rings is 1. The molecule has 1 spiro atoms. The van der Waals surface area contributed by atoms with E-state index in [0.717, 1.165) is 17.9 Å². The standard InChI is InChI=1S/C12H13NO2/c1-15-8-2-3-10-9(6-8)11(14)13-7-12(10)4-5-12/h2-3,6H,4-5,7H2,1H3,(H,13,14). The van der Waals surface area contributed by atoms with Gasteiger partial charge in [-0.2, -0.15) is 0 Å². The Bertz CT molecular complexity index is 435. The summed E-state index contributed by atoms with van der Waals surface area (Å²) in [4.78, 5) is 11.7. The van der Waals surface area contributed by atoms with Crippen LogP contribution >= 0.6 is 0 Å². The molecule has 0 saturated heterocycles. The molecule has 1 N–H and O–H groups in total. The van der Waals surface area contributed by atoms with Crippen molar-refractivity contribution < 1.29 is 9.53 Å². The third-order valence-electron chi connectivity index (χ3n) is 3.48. The Kier molecular flexibility index (Phi) is 1.61. The molecular formula is C12H13NO2. The summed E-state index contributed by atoms with van der Waals surface area (Å²) < 4.78 is 5.14. The second kappa shape index (κ2) is 2.75. The average Bonchev–Trinajstić information content (AvgIpc) is 3.05. The number of amides is 1. The minimum Gasteiger partial charge on any atom is -0.497 e. The van der Waals surface area contributed by atoms with Gasteiger partial charge in [0, 0.05) is 17.5 Å². The second-order valence-electron chi connectivity index (χ2n) is 4.37. The molecule has 1 aromatic rings. The van der Waals surface area contributed by atoms with Crippen LogP contribution in [0.4, 0.5) is 0 Å². The molecule has 1 aliphatic heterocycles. The fourth-order valence-electron chi connectivity index (χ4n) is 2.34. The molecule has 3 rings (SSSR count). The van der Waals surface area contributed by atoms with E-state index in [1.54, 1.807) is 7.11 Å². The number of hydrogen-bond acceptors (Lipinski definition) is 2. The van der Waals surface area contributed by atoms with Crippen molar-refractivity contribution in [1.82, 2.24) is 5.32 Å². The van der Waals surface area contributed by atoms with Crippen molar-refractivity contribution in [3.63, 3.8) is 0 Å². The van der Waals surface area contributed by atoms with E-state index in [0.29, 0.717) is 0 Å². The lowest BCUT2D eigenvalue weighted by Gasteiger charge is -2.25. The van der Waals surface area contributed by atoms with Gasteiger partial charge in [0.05, 0.1) is 7.11 Å². The van der Waals surface area contributed by atoms with Crippen LogP contribution in [0, 0.1) is 0 Å². The van der Waals surface area contributed by atoms with Crippen molar-refractivity contribution >= 4 is 5.91 Å². The minimum absolute atomic E-state index is 0.0291. The van der Waals surface area contributed by atoms with Gasteiger partial charge in [-0.15, -0.1) is 0 Å². The molecule has 0 bridgehead atoms. The fraction of sp³-hybridized carbons (Fsp3) is 0.417. The van der Waals surface area contributed by atoms with Gasteiger partial charge in [-0.1, -0.05) is 6.07 Å². The fourth-order valence-corrected chi connectivity index (χ4v) is 2.34. The van der Waals surface area contributed by atoms with Crippen molar-refractivity contribution in [1.29, 1.82) is 0 Å². The first-order valence-corrected chi connectivity index (χ1v) is 5.22. The van der Waals surface area contributed by atoms with Crippen molar-refractivity contribution in [2.24, 2.45) is 0 Å². The summed E-state index contributed by atoms with van der Waals surface area (Å²) in [5.74, 6) is 0.781. The smallest absolute Gasteiger partial charge is 0.251 e. The van der Waals surface area contributed by atoms with E-state index in [2.05, 4.69) is 5.32 Å². The number of carbonyl (C=O) groups excluding carboxylic acids is 1. The molecule has 2 aliphatic rings. The van der Waals surface area contributed by atoms with E-state index in [1.165, 1.54) is 18.4 Å². The first kappa shape index (κ1) is 8.77. The summed E-state index contributed by atoms with van der Waals surface area (Å²) in [6.45, 7) is 0.797. The monoisotopic (exact) mass is 203 g/mol. The molecule has 0 unspecified atom stereocenters. The molecule has 1 heterocycles. The van der Waals surface area contributed by atoms with E-state index in [-0.39, 0.29) is 11.3 Å². The summed E-state index contributed by atoms with van der Waals surface area (Å²) in [6, 6.07) is 5.82. The Morgan fingerprint density at radius 1 is 1.40 bits per heavy atom. The maximum atomic E-state index is 11.7. The maximum absolute atomic E-state index is 11.7. The van der Waals surface area contributed by atoms with Crippen molar-refractivity contribution in [2.45, 2.75) is 18.3 Å². The Labute approximate surface area is 88.4 Å². The number of rotatable bonds is 1. The van der Waals surface area contributed by atoms with Gasteiger partial charge in [-0.3, -0.25) is 4.79 Å². The summed E-state index contributed by atoms with van der Waals surface area (Å²) in [5.41, 5.74) is 2.24. The summed E-state index contributed by atoms with van der Waals surface area (Å²) >= 11 is 0. The van der Waals surface area contributed by atoms with Crippen molar-refractivity contribution in [3.8, 4) is 5.75 Å². The van der Waals surface area contributed by atoms with E-state index in [1.807, 2.05) is 18.2 Å². The molecular weight excluding hydrogens is 190 g/mol. The first-order valence-electron chi connectivity index (χ1n) is 5.22. The van der Waals surface area contributed by atoms with Gasteiger partial charge in [0.2, 0.25) is 0 Å².